The largest absolute Gasteiger partial charge is 0.474 e. The molecule has 0 atom stereocenters. The number of rotatable bonds is 5. The lowest BCUT2D eigenvalue weighted by Gasteiger charge is -2.54. The highest BCUT2D eigenvalue weighted by molar-refractivity contribution is 5.80. The van der Waals surface area contributed by atoms with Crippen molar-refractivity contribution >= 4 is 5.91 Å². The van der Waals surface area contributed by atoms with Crippen LogP contribution in [0.1, 0.15) is 63.1 Å². The van der Waals surface area contributed by atoms with Crippen molar-refractivity contribution < 1.29 is 23.4 Å². The van der Waals surface area contributed by atoms with Gasteiger partial charge in [0.2, 0.25) is 11.8 Å². The summed E-state index contributed by atoms with van der Waals surface area (Å²) >= 11 is 0. The molecule has 0 aromatic carbocycles. The molecule has 2 saturated carbocycles. The molecule has 1 aromatic rings. The van der Waals surface area contributed by atoms with Crippen LogP contribution in [0.2, 0.25) is 0 Å². The maximum atomic E-state index is 13.3. The normalized spacial score (nSPS) is 26.8. The number of carbonyl (C=O) groups excluding carboxylic acids is 1. The Hall–Kier alpha value is -1.76. The Morgan fingerprint density at radius 1 is 1.32 bits per heavy atom. The zero-order valence-electron chi connectivity index (χ0n) is 16.2. The fourth-order valence-corrected chi connectivity index (χ4v) is 4.71. The van der Waals surface area contributed by atoms with E-state index < -0.39 is 6.43 Å². The monoisotopic (exact) mass is 394 g/mol. The highest BCUT2D eigenvalue weighted by Crippen LogP contribution is 2.46. The van der Waals surface area contributed by atoms with Crippen LogP contribution in [0.4, 0.5) is 8.78 Å². The highest BCUT2D eigenvalue weighted by Gasteiger charge is 2.49. The minimum absolute atomic E-state index is 0.00305. The van der Waals surface area contributed by atoms with E-state index in [-0.39, 0.29) is 40.9 Å². The van der Waals surface area contributed by atoms with Crippen LogP contribution in [0.3, 0.4) is 0 Å². The number of hydrogen-bond donors (Lipinski definition) is 1. The maximum absolute atomic E-state index is 13.3. The summed E-state index contributed by atoms with van der Waals surface area (Å²) in [6.45, 7) is 3.49. The molecule has 28 heavy (non-hydrogen) atoms. The minimum Gasteiger partial charge on any atom is -0.474 e. The number of aliphatic hydroxyl groups is 1. The first-order valence-corrected chi connectivity index (χ1v) is 10.3. The number of hydrogen-bond acceptors (Lipinski definition) is 4. The standard InChI is InChI=1S/C21H28F2N2O3/c1-2-14-3-4-17(18(22)23)19(24-14)28-16-5-7-21(8-6-16)11-25(12-21)20(27)13-9-15(26)10-13/h3-4,13,15-16,18,26H,2,5-12H2,1H3/t13-,15+. The number of ether oxygens (including phenoxy) is 1. The lowest BCUT2D eigenvalue weighted by Crippen LogP contribution is -2.62. The molecule has 0 radical (unpaired) electrons. The van der Waals surface area contributed by atoms with Crippen molar-refractivity contribution in [3.05, 3.63) is 23.4 Å². The van der Waals surface area contributed by atoms with Crippen molar-refractivity contribution in [2.24, 2.45) is 11.3 Å². The van der Waals surface area contributed by atoms with Gasteiger partial charge in [-0.1, -0.05) is 6.92 Å². The number of aryl methyl sites for hydroxylation is 1. The van der Waals surface area contributed by atoms with E-state index in [2.05, 4.69) is 4.98 Å². The van der Waals surface area contributed by atoms with E-state index in [4.69, 9.17) is 4.74 Å². The number of carbonyl (C=O) groups is 1. The molecule has 154 valence electrons. The summed E-state index contributed by atoms with van der Waals surface area (Å²) in [6.07, 6.45) is 2.32. The molecule has 3 aliphatic rings. The lowest BCUT2D eigenvalue weighted by molar-refractivity contribution is -0.158. The molecule has 1 N–H and O–H groups in total. The molecule has 1 saturated heterocycles. The SMILES string of the molecule is CCc1ccc(C(F)F)c(OC2CCC3(CC2)CN(C(=O)[C@H]2C[C@@H](O)C2)C3)n1. The predicted octanol–water partition coefficient (Wildman–Crippen LogP) is 3.50. The molecule has 4 rings (SSSR count). The fourth-order valence-electron chi connectivity index (χ4n) is 4.71. The summed E-state index contributed by atoms with van der Waals surface area (Å²) in [5.41, 5.74) is 0.767. The number of likely N-dealkylation sites (tertiary alicyclic amines) is 1. The number of aliphatic hydroxyl groups excluding tert-OH is 1. The molecule has 5 nitrogen and oxygen atoms in total. The van der Waals surface area contributed by atoms with Gasteiger partial charge in [0.05, 0.1) is 11.7 Å². The molecule has 1 aliphatic heterocycles. The topological polar surface area (TPSA) is 62.7 Å². The van der Waals surface area contributed by atoms with Crippen LogP contribution in [0, 0.1) is 11.3 Å². The smallest absolute Gasteiger partial charge is 0.269 e. The third kappa shape index (κ3) is 3.73. The molecule has 7 heteroatoms. The third-order valence-corrected chi connectivity index (χ3v) is 6.64. The second kappa shape index (κ2) is 7.58. The van der Waals surface area contributed by atoms with E-state index >= 15 is 0 Å². The van der Waals surface area contributed by atoms with Gasteiger partial charge in [-0.25, -0.2) is 13.8 Å². The van der Waals surface area contributed by atoms with Crippen LogP contribution in [0.5, 0.6) is 5.88 Å². The Balaban J connectivity index is 1.30. The van der Waals surface area contributed by atoms with Gasteiger partial charge in [-0.2, -0.15) is 0 Å². The second-order valence-corrected chi connectivity index (χ2v) is 8.68. The van der Waals surface area contributed by atoms with Crippen LogP contribution in [0.25, 0.3) is 0 Å². The molecular formula is C21H28F2N2O3. The van der Waals surface area contributed by atoms with Crippen LogP contribution in [0.15, 0.2) is 12.1 Å². The van der Waals surface area contributed by atoms with Gasteiger partial charge in [-0.05, 0) is 57.1 Å². The van der Waals surface area contributed by atoms with Crippen LogP contribution >= 0.6 is 0 Å². The van der Waals surface area contributed by atoms with E-state index in [9.17, 15) is 18.7 Å². The van der Waals surface area contributed by atoms with Crippen molar-refractivity contribution in [1.29, 1.82) is 0 Å². The van der Waals surface area contributed by atoms with Crippen molar-refractivity contribution in [2.75, 3.05) is 13.1 Å². The predicted molar refractivity (Wildman–Crippen MR) is 99.2 cm³/mol. The average Bonchev–Trinajstić information content (AvgIpc) is 2.63. The van der Waals surface area contributed by atoms with Crippen molar-refractivity contribution in [3.63, 3.8) is 0 Å². The number of pyridine rings is 1. The number of halogens is 2. The summed E-state index contributed by atoms with van der Waals surface area (Å²) in [5.74, 6) is 0.248. The Morgan fingerprint density at radius 2 is 2.00 bits per heavy atom. The van der Waals surface area contributed by atoms with E-state index in [1.54, 1.807) is 6.07 Å². The first-order valence-electron chi connectivity index (χ1n) is 10.3. The van der Waals surface area contributed by atoms with Crippen LogP contribution < -0.4 is 4.74 Å². The van der Waals surface area contributed by atoms with E-state index in [0.717, 1.165) is 44.5 Å². The second-order valence-electron chi connectivity index (χ2n) is 8.68. The van der Waals surface area contributed by atoms with Crippen molar-refractivity contribution in [1.82, 2.24) is 9.88 Å². The Labute approximate surface area is 164 Å². The van der Waals surface area contributed by atoms with Gasteiger partial charge in [0.15, 0.2) is 0 Å². The molecule has 1 spiro atoms. The Morgan fingerprint density at radius 3 is 2.57 bits per heavy atom. The first kappa shape index (κ1) is 19.6. The summed E-state index contributed by atoms with van der Waals surface area (Å²) in [6, 6.07) is 3.05. The van der Waals surface area contributed by atoms with Gasteiger partial charge >= 0.3 is 0 Å². The molecule has 0 unspecified atom stereocenters. The number of nitrogens with zero attached hydrogens (tertiary/aromatic N) is 2. The van der Waals surface area contributed by atoms with Crippen LogP contribution in [-0.4, -0.2) is 46.2 Å². The summed E-state index contributed by atoms with van der Waals surface area (Å²) in [5, 5.41) is 9.38. The van der Waals surface area contributed by atoms with Gasteiger partial charge in [-0.15, -0.1) is 0 Å². The fraction of sp³-hybridized carbons (Fsp3) is 0.714. The number of aromatic nitrogens is 1. The minimum atomic E-state index is -2.60. The molecule has 2 aliphatic carbocycles. The van der Waals surface area contributed by atoms with Gasteiger partial charge in [0.1, 0.15) is 6.10 Å². The lowest BCUT2D eigenvalue weighted by atomic mass is 9.67. The highest BCUT2D eigenvalue weighted by atomic mass is 19.3. The van der Waals surface area contributed by atoms with Crippen molar-refractivity contribution in [3.8, 4) is 5.88 Å². The number of amides is 1. The van der Waals surface area contributed by atoms with Gasteiger partial charge < -0.3 is 14.7 Å². The molecule has 0 bridgehead atoms. The average molecular weight is 394 g/mol. The maximum Gasteiger partial charge on any atom is 0.269 e. The molecular weight excluding hydrogens is 366 g/mol. The summed E-state index contributed by atoms with van der Waals surface area (Å²) < 4.78 is 32.4. The molecule has 1 amide bonds. The number of alkyl halides is 2. The molecule has 1 aromatic heterocycles. The van der Waals surface area contributed by atoms with E-state index in [1.165, 1.54) is 6.07 Å². The van der Waals surface area contributed by atoms with Gasteiger partial charge in [-0.3, -0.25) is 4.79 Å². The zero-order valence-corrected chi connectivity index (χ0v) is 16.2. The quantitative estimate of drug-likeness (QED) is 0.830. The molecule has 3 fully saturated rings. The zero-order chi connectivity index (χ0) is 19.9. The first-order chi connectivity index (χ1) is 13.4. The Kier molecular flexibility index (Phi) is 5.29. The molecule has 2 heterocycles. The van der Waals surface area contributed by atoms with Gasteiger partial charge in [0.25, 0.3) is 6.43 Å². The van der Waals surface area contributed by atoms with Crippen LogP contribution in [-0.2, 0) is 11.2 Å². The summed E-state index contributed by atoms with van der Waals surface area (Å²) in [7, 11) is 0. The van der Waals surface area contributed by atoms with E-state index in [1.807, 2.05) is 11.8 Å². The van der Waals surface area contributed by atoms with E-state index in [0.29, 0.717) is 19.3 Å². The summed E-state index contributed by atoms with van der Waals surface area (Å²) in [4.78, 5) is 18.6. The Bertz CT molecular complexity index is 720. The van der Waals surface area contributed by atoms with Gasteiger partial charge in [0, 0.05) is 30.1 Å². The van der Waals surface area contributed by atoms with Crippen molar-refractivity contribution in [2.45, 2.75) is 70.5 Å². The third-order valence-electron chi connectivity index (χ3n) is 6.64.